The summed E-state index contributed by atoms with van der Waals surface area (Å²) in [7, 11) is 2.83. The van der Waals surface area contributed by atoms with Crippen molar-refractivity contribution in [3.63, 3.8) is 0 Å². The average molecular weight is 782 g/mol. The lowest BCUT2D eigenvalue weighted by Crippen LogP contribution is -2.42. The first kappa shape index (κ1) is 34.6. The van der Waals surface area contributed by atoms with Gasteiger partial charge in [0.2, 0.25) is 11.8 Å². The van der Waals surface area contributed by atoms with Gasteiger partial charge in [-0.2, -0.15) is 0 Å². The van der Waals surface area contributed by atoms with Gasteiger partial charge in [0.1, 0.15) is 11.5 Å². The van der Waals surface area contributed by atoms with Gasteiger partial charge in [0.25, 0.3) is 0 Å². The van der Waals surface area contributed by atoms with E-state index >= 15 is 0 Å². The zero-order valence-electron chi connectivity index (χ0n) is 26.1. The predicted octanol–water partition coefficient (Wildman–Crippen LogP) is 5.91. The molecule has 0 unspecified atom stereocenters. The highest BCUT2D eigenvalue weighted by molar-refractivity contribution is 9.11. The molecule has 4 aromatic carbocycles. The number of methoxy groups -OCH3 is 2. The molecule has 0 saturated carbocycles. The first-order valence-electron chi connectivity index (χ1n) is 15.0. The third-order valence-corrected chi connectivity index (χ3v) is 9.65. The van der Waals surface area contributed by atoms with Crippen molar-refractivity contribution in [1.82, 2.24) is 10.6 Å². The lowest BCUT2D eigenvalue weighted by Gasteiger charge is -2.35. The van der Waals surface area contributed by atoms with Gasteiger partial charge in [-0.3, -0.25) is 9.59 Å². The molecule has 12 heteroatoms. The standard InChI is InChI=1S/C36H34Br2N2O8/c1-47-27-18-22(16-26(37)33(27)43)29-30-21(17-28(48-2)34(44)32(30)38)15-25(35(45)39-13-11-19-3-7-23(41)8-4-19)31(29)36(46)40-14-12-20-5-9-24(42)10-6-20/h3-10,15-18,29,31,41-44H,11-14H2,1-2H3,(H,39,45)(H,40,46)/t29-,31-/m0/s1. The first-order chi connectivity index (χ1) is 23.0. The molecular weight excluding hydrogens is 748 g/mol. The van der Waals surface area contributed by atoms with Crippen LogP contribution in [0.3, 0.4) is 0 Å². The molecule has 10 nitrogen and oxygen atoms in total. The van der Waals surface area contributed by atoms with E-state index < -0.39 is 23.7 Å². The largest absolute Gasteiger partial charge is 0.508 e. The van der Waals surface area contributed by atoms with Crippen LogP contribution in [0.5, 0.6) is 34.5 Å². The molecular formula is C36H34Br2N2O8. The van der Waals surface area contributed by atoms with E-state index in [9.17, 15) is 30.0 Å². The van der Waals surface area contributed by atoms with E-state index in [1.807, 2.05) is 0 Å². The number of phenolic OH excluding ortho intramolecular Hbond substituents is 4. The predicted molar refractivity (Wildman–Crippen MR) is 188 cm³/mol. The van der Waals surface area contributed by atoms with Crippen LogP contribution in [0.25, 0.3) is 6.08 Å². The van der Waals surface area contributed by atoms with Gasteiger partial charge in [0.15, 0.2) is 23.0 Å². The van der Waals surface area contributed by atoms with E-state index in [1.54, 1.807) is 72.8 Å². The van der Waals surface area contributed by atoms with Crippen molar-refractivity contribution in [2.45, 2.75) is 18.8 Å². The van der Waals surface area contributed by atoms with Crippen LogP contribution in [-0.4, -0.2) is 59.5 Å². The maximum absolute atomic E-state index is 14.3. The van der Waals surface area contributed by atoms with E-state index in [1.165, 1.54) is 14.2 Å². The number of carbonyl (C=O) groups excluding carboxylic acids is 2. The number of ether oxygens (including phenoxy) is 2. The Morgan fingerprint density at radius 2 is 1.29 bits per heavy atom. The number of hydrogen-bond acceptors (Lipinski definition) is 8. The zero-order valence-corrected chi connectivity index (χ0v) is 29.3. The molecule has 0 heterocycles. The fraction of sp³-hybridized carbons (Fsp3) is 0.222. The van der Waals surface area contributed by atoms with E-state index in [4.69, 9.17) is 9.47 Å². The molecule has 2 amide bonds. The van der Waals surface area contributed by atoms with E-state index in [2.05, 4.69) is 42.5 Å². The van der Waals surface area contributed by atoms with Crippen molar-refractivity contribution in [3.8, 4) is 34.5 Å². The van der Waals surface area contributed by atoms with Crippen LogP contribution >= 0.6 is 31.9 Å². The minimum Gasteiger partial charge on any atom is -0.508 e. The average Bonchev–Trinajstić information content (AvgIpc) is 3.08. The van der Waals surface area contributed by atoms with Crippen LogP contribution < -0.4 is 20.1 Å². The Hall–Kier alpha value is -4.68. The van der Waals surface area contributed by atoms with Gasteiger partial charge in [-0.25, -0.2) is 0 Å². The first-order valence-corrected chi connectivity index (χ1v) is 16.6. The SMILES string of the molecule is COc1cc([C@H]2c3c(cc(OC)c(O)c3Br)C=C(C(=O)NCCc3ccc(O)cc3)[C@@H]2C(=O)NCCc2ccc(O)cc2)cc(Br)c1O. The minimum atomic E-state index is -1.09. The van der Waals surface area contributed by atoms with Crippen LogP contribution in [0.15, 0.2) is 81.2 Å². The highest BCUT2D eigenvalue weighted by Crippen LogP contribution is 2.52. The second-order valence-corrected chi connectivity index (χ2v) is 12.9. The number of halogens is 2. The Morgan fingerprint density at radius 3 is 1.85 bits per heavy atom. The van der Waals surface area contributed by atoms with Gasteiger partial charge < -0.3 is 40.5 Å². The normalized spacial score (nSPS) is 15.2. The molecule has 5 rings (SSSR count). The van der Waals surface area contributed by atoms with Crippen LogP contribution in [0, 0.1) is 5.92 Å². The molecule has 6 N–H and O–H groups in total. The maximum Gasteiger partial charge on any atom is 0.248 e. The molecule has 0 aromatic heterocycles. The van der Waals surface area contributed by atoms with Crippen molar-refractivity contribution in [3.05, 3.63) is 109 Å². The number of aromatic hydroxyl groups is 4. The lowest BCUT2D eigenvalue weighted by atomic mass is 9.70. The molecule has 0 aliphatic heterocycles. The van der Waals surface area contributed by atoms with E-state index in [-0.39, 0.29) is 57.6 Å². The fourth-order valence-electron chi connectivity index (χ4n) is 5.82. The molecule has 0 bridgehead atoms. The Labute approximate surface area is 294 Å². The summed E-state index contributed by atoms with van der Waals surface area (Å²) >= 11 is 6.93. The van der Waals surface area contributed by atoms with E-state index in [0.717, 1.165) is 11.1 Å². The molecule has 4 aromatic rings. The minimum absolute atomic E-state index is 0.133. The molecule has 250 valence electrons. The van der Waals surface area contributed by atoms with Crippen molar-refractivity contribution in [1.29, 1.82) is 0 Å². The van der Waals surface area contributed by atoms with Crippen LogP contribution in [0.1, 0.15) is 33.7 Å². The van der Waals surface area contributed by atoms with Crippen LogP contribution in [-0.2, 0) is 22.4 Å². The third kappa shape index (κ3) is 7.39. The lowest BCUT2D eigenvalue weighted by molar-refractivity contribution is -0.127. The quantitative estimate of drug-likeness (QED) is 0.110. The van der Waals surface area contributed by atoms with Crippen LogP contribution in [0.2, 0.25) is 0 Å². The molecule has 1 aliphatic rings. The fourth-order valence-corrected chi connectivity index (χ4v) is 6.95. The number of amides is 2. The Kier molecular flexibility index (Phi) is 10.9. The van der Waals surface area contributed by atoms with Gasteiger partial charge in [-0.15, -0.1) is 0 Å². The number of hydrogen-bond donors (Lipinski definition) is 6. The van der Waals surface area contributed by atoms with Crippen molar-refractivity contribution >= 4 is 49.8 Å². The summed E-state index contributed by atoms with van der Waals surface area (Å²) in [6, 6.07) is 18.2. The number of carbonyl (C=O) groups is 2. The summed E-state index contributed by atoms with van der Waals surface area (Å²) in [5, 5.41) is 46.9. The van der Waals surface area contributed by atoms with E-state index in [0.29, 0.717) is 34.0 Å². The highest BCUT2D eigenvalue weighted by Gasteiger charge is 2.43. The summed E-state index contributed by atoms with van der Waals surface area (Å²) in [6.07, 6.45) is 2.58. The molecule has 2 atom stereocenters. The summed E-state index contributed by atoms with van der Waals surface area (Å²) in [6.45, 7) is 0.502. The van der Waals surface area contributed by atoms with Crippen molar-refractivity contribution in [2.75, 3.05) is 27.3 Å². The van der Waals surface area contributed by atoms with Gasteiger partial charge in [-0.1, -0.05) is 24.3 Å². The number of nitrogens with one attached hydrogen (secondary N) is 2. The Bertz CT molecular complexity index is 1860. The molecule has 1 aliphatic carbocycles. The molecule has 0 fully saturated rings. The number of fused-ring (bicyclic) bond motifs is 1. The number of phenols is 4. The molecule has 0 saturated heterocycles. The van der Waals surface area contributed by atoms with Gasteiger partial charge in [0.05, 0.1) is 29.1 Å². The number of benzene rings is 4. The summed E-state index contributed by atoms with van der Waals surface area (Å²) in [5.41, 5.74) is 3.59. The summed E-state index contributed by atoms with van der Waals surface area (Å²) in [4.78, 5) is 28.3. The van der Waals surface area contributed by atoms with Crippen molar-refractivity contribution in [2.24, 2.45) is 5.92 Å². The van der Waals surface area contributed by atoms with Gasteiger partial charge in [0, 0.05) is 24.6 Å². The van der Waals surface area contributed by atoms with Crippen LogP contribution in [0.4, 0.5) is 0 Å². The summed E-state index contributed by atoms with van der Waals surface area (Å²) in [5.74, 6) is -2.53. The Morgan fingerprint density at radius 1 is 0.750 bits per heavy atom. The molecule has 48 heavy (non-hydrogen) atoms. The van der Waals surface area contributed by atoms with Crippen molar-refractivity contribution < 1.29 is 39.5 Å². The third-order valence-electron chi connectivity index (χ3n) is 8.24. The number of rotatable bonds is 11. The second kappa shape index (κ2) is 15.0. The maximum atomic E-state index is 14.3. The summed E-state index contributed by atoms with van der Waals surface area (Å²) < 4.78 is 11.5. The van der Waals surface area contributed by atoms with Gasteiger partial charge >= 0.3 is 0 Å². The highest BCUT2D eigenvalue weighted by atomic mass is 79.9. The smallest absolute Gasteiger partial charge is 0.248 e. The topological polar surface area (TPSA) is 158 Å². The molecule has 0 spiro atoms. The monoisotopic (exact) mass is 780 g/mol. The molecule has 0 radical (unpaired) electrons. The second-order valence-electron chi connectivity index (χ2n) is 11.2. The van der Waals surface area contributed by atoms with Gasteiger partial charge in [-0.05, 0) is 121 Å². The Balaban J connectivity index is 1.58. The zero-order chi connectivity index (χ0) is 34.5.